The van der Waals surface area contributed by atoms with Crippen LogP contribution in [0, 0.1) is 6.92 Å². The molecule has 1 aliphatic heterocycles. The predicted molar refractivity (Wildman–Crippen MR) is 140 cm³/mol. The molecule has 2 atom stereocenters. The molecule has 35 heavy (non-hydrogen) atoms. The first-order valence-electron chi connectivity index (χ1n) is 11.5. The van der Waals surface area contributed by atoms with Crippen LogP contribution in [0.4, 0.5) is 5.69 Å². The summed E-state index contributed by atoms with van der Waals surface area (Å²) in [5.74, 6) is -0.0562. The minimum Gasteiger partial charge on any atom is -0.352 e. The molecule has 0 unspecified atom stereocenters. The van der Waals surface area contributed by atoms with E-state index in [1.807, 2.05) is 80.0 Å². The third-order valence-corrected chi connectivity index (χ3v) is 6.47. The van der Waals surface area contributed by atoms with E-state index in [0.29, 0.717) is 18.1 Å². The van der Waals surface area contributed by atoms with Crippen LogP contribution in [0.1, 0.15) is 35.5 Å². The first kappa shape index (κ1) is 22.7. The largest absolute Gasteiger partial charge is 0.352 e. The van der Waals surface area contributed by atoms with E-state index in [-0.39, 0.29) is 18.0 Å². The minimum absolute atomic E-state index is 0.0562. The molecule has 2 N–H and O–H groups in total. The lowest BCUT2D eigenvalue weighted by atomic mass is 10.0. The summed E-state index contributed by atoms with van der Waals surface area (Å²) in [6.07, 6.45) is 7.70. The second-order valence-corrected chi connectivity index (χ2v) is 8.89. The van der Waals surface area contributed by atoms with Gasteiger partial charge in [-0.2, -0.15) is 0 Å². The molecule has 0 bridgehead atoms. The van der Waals surface area contributed by atoms with E-state index < -0.39 is 0 Å². The Labute approximate surface area is 209 Å². The normalized spacial score (nSPS) is 17.3. The molecule has 176 valence electrons. The molecule has 0 spiro atoms. The number of benzene rings is 1. The molecule has 0 aliphatic carbocycles. The summed E-state index contributed by atoms with van der Waals surface area (Å²) in [7, 11) is 0. The highest BCUT2D eigenvalue weighted by atomic mass is 32.1. The highest BCUT2D eigenvalue weighted by molar-refractivity contribution is 7.80. The third-order valence-electron chi connectivity index (χ3n) is 6.12. The summed E-state index contributed by atoms with van der Waals surface area (Å²) in [5, 5.41) is 7.04. The molecule has 0 radical (unpaired) electrons. The van der Waals surface area contributed by atoms with E-state index in [9.17, 15) is 4.79 Å². The van der Waals surface area contributed by atoms with Crippen LogP contribution < -0.4 is 10.6 Å². The number of carbonyl (C=O) groups excluding carboxylic acids is 1. The van der Waals surface area contributed by atoms with Crippen LogP contribution >= 0.6 is 12.2 Å². The third kappa shape index (κ3) is 4.93. The van der Waals surface area contributed by atoms with Crippen molar-refractivity contribution in [2.45, 2.75) is 25.4 Å². The molecule has 3 aromatic heterocycles. The van der Waals surface area contributed by atoms with Crippen LogP contribution in [0.5, 0.6) is 0 Å². The van der Waals surface area contributed by atoms with E-state index in [1.54, 1.807) is 12.4 Å². The van der Waals surface area contributed by atoms with Crippen molar-refractivity contribution in [3.05, 3.63) is 108 Å². The van der Waals surface area contributed by atoms with Crippen molar-refractivity contribution in [1.82, 2.24) is 24.8 Å². The summed E-state index contributed by atoms with van der Waals surface area (Å²) in [6, 6.07) is 21.4. The lowest BCUT2D eigenvalue weighted by molar-refractivity contribution is -0.116. The number of pyridine rings is 2. The number of nitrogens with one attached hydrogen (secondary N) is 2. The Kier molecular flexibility index (Phi) is 6.54. The van der Waals surface area contributed by atoms with Gasteiger partial charge in [-0.25, -0.2) is 0 Å². The smallest absolute Gasteiger partial charge is 0.226 e. The summed E-state index contributed by atoms with van der Waals surface area (Å²) in [4.78, 5) is 23.7. The van der Waals surface area contributed by atoms with Gasteiger partial charge < -0.3 is 20.1 Å². The van der Waals surface area contributed by atoms with Crippen LogP contribution in [0.2, 0.25) is 0 Å². The molecule has 5 rings (SSSR count). The fourth-order valence-corrected chi connectivity index (χ4v) is 4.75. The molecular formula is C27H26N6OS. The zero-order valence-corrected chi connectivity index (χ0v) is 20.2. The van der Waals surface area contributed by atoms with Gasteiger partial charge in [0.25, 0.3) is 0 Å². The summed E-state index contributed by atoms with van der Waals surface area (Å²) < 4.78 is 2.11. The highest BCUT2D eigenvalue weighted by Gasteiger charge is 2.41. The van der Waals surface area contributed by atoms with Crippen LogP contribution in [0.25, 0.3) is 5.69 Å². The number of aryl methyl sites for hydroxylation is 1. The second-order valence-electron chi connectivity index (χ2n) is 8.50. The highest BCUT2D eigenvalue weighted by Crippen LogP contribution is 2.39. The Bertz CT molecular complexity index is 1310. The number of anilines is 1. The van der Waals surface area contributed by atoms with Crippen molar-refractivity contribution < 1.29 is 4.79 Å². The van der Waals surface area contributed by atoms with Gasteiger partial charge in [0.05, 0.1) is 29.7 Å². The summed E-state index contributed by atoms with van der Waals surface area (Å²) in [6.45, 7) is 2.49. The number of thiocarbonyl (C=S) groups is 1. The topological polar surface area (TPSA) is 75.1 Å². The first-order valence-corrected chi connectivity index (χ1v) is 11.9. The molecule has 1 fully saturated rings. The maximum atomic E-state index is 12.8. The standard InChI is InChI=1S/C27H26N6OS/c1-19-9-11-20(12-10-19)30-24(34)13-17-33-26(25(31-27(33)35)22-7-2-3-15-29-22)23-8-5-16-32(23)21-6-4-14-28-18-21/h2-12,14-16,18,25-26H,13,17H2,1H3,(H,30,34)(H,31,35)/t25-,26+/m0/s1. The molecule has 1 aromatic carbocycles. The second kappa shape index (κ2) is 10.1. The van der Waals surface area contributed by atoms with Gasteiger partial charge in [-0.15, -0.1) is 0 Å². The first-order chi connectivity index (χ1) is 17.1. The van der Waals surface area contributed by atoms with Gasteiger partial charge in [-0.3, -0.25) is 14.8 Å². The summed E-state index contributed by atoms with van der Waals surface area (Å²) in [5.41, 5.74) is 4.83. The number of aromatic nitrogens is 3. The Balaban J connectivity index is 1.42. The zero-order valence-electron chi connectivity index (χ0n) is 19.3. The molecule has 8 heteroatoms. The Morgan fingerprint density at radius 3 is 2.66 bits per heavy atom. The number of nitrogens with zero attached hydrogens (tertiary/aromatic N) is 4. The van der Waals surface area contributed by atoms with Crippen molar-refractivity contribution in [3.8, 4) is 5.69 Å². The van der Waals surface area contributed by atoms with Gasteiger partial charge in [-0.05, 0) is 67.7 Å². The molecule has 0 saturated carbocycles. The van der Waals surface area contributed by atoms with Crippen LogP contribution in [0.3, 0.4) is 0 Å². The van der Waals surface area contributed by atoms with Crippen molar-refractivity contribution in [3.63, 3.8) is 0 Å². The van der Waals surface area contributed by atoms with Crippen LogP contribution in [-0.4, -0.2) is 37.0 Å². The van der Waals surface area contributed by atoms with Crippen LogP contribution in [0.15, 0.2) is 91.5 Å². The molecule has 1 aliphatic rings. The molecule has 1 amide bonds. The lowest BCUT2D eigenvalue weighted by Crippen LogP contribution is -2.33. The quantitative estimate of drug-likeness (QED) is 0.376. The Morgan fingerprint density at radius 1 is 1.06 bits per heavy atom. The fraction of sp³-hybridized carbons (Fsp3) is 0.185. The Morgan fingerprint density at radius 2 is 1.91 bits per heavy atom. The van der Waals surface area contributed by atoms with Crippen molar-refractivity contribution in [1.29, 1.82) is 0 Å². The molecular weight excluding hydrogens is 456 g/mol. The van der Waals surface area contributed by atoms with Crippen molar-refractivity contribution >= 4 is 28.9 Å². The van der Waals surface area contributed by atoms with E-state index in [1.165, 1.54) is 0 Å². The average molecular weight is 483 g/mol. The molecule has 1 saturated heterocycles. The van der Waals surface area contributed by atoms with Gasteiger partial charge in [0.2, 0.25) is 5.91 Å². The van der Waals surface area contributed by atoms with Gasteiger partial charge in [0.15, 0.2) is 5.11 Å². The average Bonchev–Trinajstić information content (AvgIpc) is 3.49. The number of carbonyl (C=O) groups is 1. The number of hydrogen-bond donors (Lipinski definition) is 2. The van der Waals surface area contributed by atoms with Crippen molar-refractivity contribution in [2.75, 3.05) is 11.9 Å². The maximum absolute atomic E-state index is 12.8. The number of rotatable bonds is 7. The predicted octanol–water partition coefficient (Wildman–Crippen LogP) is 4.58. The summed E-state index contributed by atoms with van der Waals surface area (Å²) >= 11 is 5.76. The minimum atomic E-state index is -0.158. The molecule has 4 aromatic rings. The number of hydrogen-bond acceptors (Lipinski definition) is 4. The van der Waals surface area contributed by atoms with Gasteiger partial charge in [0.1, 0.15) is 0 Å². The van der Waals surface area contributed by atoms with Gasteiger partial charge in [0, 0.05) is 42.9 Å². The van der Waals surface area contributed by atoms with Gasteiger partial charge in [-0.1, -0.05) is 23.8 Å². The SMILES string of the molecule is Cc1ccc(NC(=O)CCN2C(=S)N[C@@H](c3ccccn3)[C@H]2c2cccn2-c2cccnc2)cc1. The zero-order chi connectivity index (χ0) is 24.2. The van der Waals surface area contributed by atoms with E-state index in [2.05, 4.69) is 36.1 Å². The van der Waals surface area contributed by atoms with Crippen molar-refractivity contribution in [2.24, 2.45) is 0 Å². The Hall–Kier alpha value is -4.04. The van der Waals surface area contributed by atoms with E-state index >= 15 is 0 Å². The maximum Gasteiger partial charge on any atom is 0.226 e. The van der Waals surface area contributed by atoms with E-state index in [0.717, 1.165) is 28.3 Å². The van der Waals surface area contributed by atoms with Crippen LogP contribution in [-0.2, 0) is 4.79 Å². The lowest BCUT2D eigenvalue weighted by Gasteiger charge is -2.28. The van der Waals surface area contributed by atoms with Gasteiger partial charge >= 0.3 is 0 Å². The van der Waals surface area contributed by atoms with E-state index in [4.69, 9.17) is 12.2 Å². The molecule has 4 heterocycles. The fourth-order valence-electron chi connectivity index (χ4n) is 4.42. The molecule has 7 nitrogen and oxygen atoms in total. The monoisotopic (exact) mass is 482 g/mol. The number of amides is 1.